The summed E-state index contributed by atoms with van der Waals surface area (Å²) >= 11 is 0. The van der Waals surface area contributed by atoms with E-state index in [0.29, 0.717) is 12.5 Å². The Labute approximate surface area is 106 Å². The van der Waals surface area contributed by atoms with Crippen molar-refractivity contribution < 1.29 is 9.90 Å². The van der Waals surface area contributed by atoms with Crippen molar-refractivity contribution in [3.8, 4) is 0 Å². The van der Waals surface area contributed by atoms with Gasteiger partial charge in [-0.3, -0.25) is 4.79 Å². The van der Waals surface area contributed by atoms with Gasteiger partial charge in [0.15, 0.2) is 5.82 Å². The second-order valence-corrected chi connectivity index (χ2v) is 5.42. The Hall–Kier alpha value is -1.46. The summed E-state index contributed by atoms with van der Waals surface area (Å²) < 4.78 is 1.67. The molecule has 1 unspecified atom stereocenters. The van der Waals surface area contributed by atoms with Gasteiger partial charge in [-0.05, 0) is 29.2 Å². The number of tetrazole rings is 1. The highest BCUT2D eigenvalue weighted by atomic mass is 16.4. The molecule has 0 aromatic carbocycles. The van der Waals surface area contributed by atoms with Crippen LogP contribution in [-0.2, 0) is 11.3 Å². The zero-order valence-electron chi connectivity index (χ0n) is 10.9. The lowest BCUT2D eigenvalue weighted by Gasteiger charge is -2.25. The van der Waals surface area contributed by atoms with Crippen LogP contribution < -0.4 is 0 Å². The van der Waals surface area contributed by atoms with Crippen LogP contribution in [0.4, 0.5) is 0 Å². The van der Waals surface area contributed by atoms with Gasteiger partial charge in [-0.2, -0.15) is 0 Å². The molecule has 1 atom stereocenters. The maximum Gasteiger partial charge on any atom is 0.308 e. The molecule has 1 aliphatic carbocycles. The third kappa shape index (κ3) is 2.86. The van der Waals surface area contributed by atoms with E-state index in [9.17, 15) is 4.79 Å². The van der Waals surface area contributed by atoms with Crippen LogP contribution in [0.1, 0.15) is 51.3 Å². The molecule has 6 heteroatoms. The lowest BCUT2D eigenvalue weighted by atomic mass is 9.82. The van der Waals surface area contributed by atoms with Crippen molar-refractivity contribution in [2.24, 2.45) is 11.8 Å². The highest BCUT2D eigenvalue weighted by Crippen LogP contribution is 2.34. The number of rotatable bonds is 4. The molecule has 0 radical (unpaired) electrons. The summed E-state index contributed by atoms with van der Waals surface area (Å²) in [7, 11) is 0. The zero-order chi connectivity index (χ0) is 13.1. The first-order chi connectivity index (χ1) is 8.58. The largest absolute Gasteiger partial charge is 0.481 e. The van der Waals surface area contributed by atoms with Crippen molar-refractivity contribution in [3.63, 3.8) is 0 Å². The number of nitrogens with zero attached hydrogens (tertiary/aromatic N) is 4. The number of carboxylic acids is 1. The van der Waals surface area contributed by atoms with Crippen molar-refractivity contribution in [2.45, 2.75) is 52.0 Å². The highest BCUT2D eigenvalue weighted by Gasteiger charge is 2.25. The molecule has 1 aromatic heterocycles. The SMILES string of the molecule is CC1CCC(c2nnnn2CC(C)C(=O)O)CC1. The molecule has 0 saturated heterocycles. The number of carbonyl (C=O) groups is 1. The molecule has 0 bridgehead atoms. The van der Waals surface area contributed by atoms with E-state index in [1.807, 2.05) is 0 Å². The van der Waals surface area contributed by atoms with E-state index >= 15 is 0 Å². The molecule has 100 valence electrons. The minimum Gasteiger partial charge on any atom is -0.481 e. The Balaban J connectivity index is 2.05. The summed E-state index contributed by atoms with van der Waals surface area (Å²) in [5.74, 6) is 0.749. The van der Waals surface area contributed by atoms with Crippen LogP contribution in [0.5, 0.6) is 0 Å². The van der Waals surface area contributed by atoms with Gasteiger partial charge < -0.3 is 5.11 Å². The van der Waals surface area contributed by atoms with Gasteiger partial charge in [-0.1, -0.05) is 26.7 Å². The van der Waals surface area contributed by atoms with Crippen molar-refractivity contribution in [2.75, 3.05) is 0 Å². The van der Waals surface area contributed by atoms with Crippen LogP contribution in [0.3, 0.4) is 0 Å². The summed E-state index contributed by atoms with van der Waals surface area (Å²) in [6, 6.07) is 0. The quantitative estimate of drug-likeness (QED) is 0.881. The Morgan fingerprint density at radius 1 is 1.44 bits per heavy atom. The van der Waals surface area contributed by atoms with Gasteiger partial charge >= 0.3 is 5.97 Å². The number of aliphatic carboxylic acids is 1. The van der Waals surface area contributed by atoms with Crippen LogP contribution in [0.15, 0.2) is 0 Å². The van der Waals surface area contributed by atoms with Crippen molar-refractivity contribution in [3.05, 3.63) is 5.82 Å². The Kier molecular flexibility index (Phi) is 3.93. The summed E-state index contributed by atoms with van der Waals surface area (Å²) in [6.45, 7) is 4.30. The molecular weight excluding hydrogens is 232 g/mol. The number of carboxylic acid groups (broad SMARTS) is 1. The van der Waals surface area contributed by atoms with Gasteiger partial charge in [-0.15, -0.1) is 5.10 Å². The molecule has 0 amide bonds. The third-order valence-electron chi connectivity index (χ3n) is 3.81. The van der Waals surface area contributed by atoms with Gasteiger partial charge in [0.1, 0.15) is 0 Å². The zero-order valence-corrected chi connectivity index (χ0v) is 10.9. The van der Waals surface area contributed by atoms with Crippen molar-refractivity contribution in [1.82, 2.24) is 20.2 Å². The first-order valence-electron chi connectivity index (χ1n) is 6.56. The highest BCUT2D eigenvalue weighted by molar-refractivity contribution is 5.69. The summed E-state index contributed by atoms with van der Waals surface area (Å²) in [6.07, 6.45) is 4.60. The number of aromatic nitrogens is 4. The third-order valence-corrected chi connectivity index (χ3v) is 3.81. The van der Waals surface area contributed by atoms with E-state index in [1.165, 1.54) is 12.8 Å². The average Bonchev–Trinajstić information content (AvgIpc) is 2.78. The average molecular weight is 252 g/mol. The van der Waals surface area contributed by atoms with Crippen LogP contribution in [0, 0.1) is 11.8 Å². The summed E-state index contributed by atoms with van der Waals surface area (Å²) in [4.78, 5) is 10.9. The fourth-order valence-corrected chi connectivity index (χ4v) is 2.49. The van der Waals surface area contributed by atoms with Gasteiger partial charge in [0.05, 0.1) is 12.5 Å². The molecule has 0 spiro atoms. The Bertz CT molecular complexity index is 410. The number of hydrogen-bond acceptors (Lipinski definition) is 4. The molecule has 0 aliphatic heterocycles. The second-order valence-electron chi connectivity index (χ2n) is 5.42. The first kappa shape index (κ1) is 13.0. The minimum absolute atomic E-state index is 0.351. The van der Waals surface area contributed by atoms with Gasteiger partial charge in [-0.25, -0.2) is 4.68 Å². The smallest absolute Gasteiger partial charge is 0.308 e. The first-order valence-corrected chi connectivity index (χ1v) is 6.56. The van der Waals surface area contributed by atoms with E-state index in [2.05, 4.69) is 22.4 Å². The summed E-state index contributed by atoms with van der Waals surface area (Å²) in [5.41, 5.74) is 0. The lowest BCUT2D eigenvalue weighted by Crippen LogP contribution is -2.22. The Morgan fingerprint density at radius 2 is 2.11 bits per heavy atom. The van der Waals surface area contributed by atoms with Gasteiger partial charge in [0, 0.05) is 5.92 Å². The van der Waals surface area contributed by atoms with Crippen LogP contribution in [0.25, 0.3) is 0 Å². The predicted octanol–water partition coefficient (Wildman–Crippen LogP) is 1.69. The van der Waals surface area contributed by atoms with E-state index < -0.39 is 11.9 Å². The minimum atomic E-state index is -0.811. The summed E-state index contributed by atoms with van der Waals surface area (Å²) in [5, 5.41) is 20.6. The van der Waals surface area contributed by atoms with Gasteiger partial charge in [0.2, 0.25) is 0 Å². The van der Waals surface area contributed by atoms with Crippen LogP contribution >= 0.6 is 0 Å². The predicted molar refractivity (Wildman–Crippen MR) is 65.0 cm³/mol. The van der Waals surface area contributed by atoms with Crippen LogP contribution in [-0.4, -0.2) is 31.3 Å². The molecule has 1 aromatic rings. The fraction of sp³-hybridized carbons (Fsp3) is 0.833. The monoisotopic (exact) mass is 252 g/mol. The molecule has 2 rings (SSSR count). The molecular formula is C12H20N4O2. The molecule has 1 heterocycles. The number of hydrogen-bond donors (Lipinski definition) is 1. The standard InChI is InChI=1S/C12H20N4O2/c1-8-3-5-10(6-4-8)11-13-14-15-16(11)7-9(2)12(17)18/h8-10H,3-7H2,1-2H3,(H,17,18). The van der Waals surface area contributed by atoms with E-state index in [1.54, 1.807) is 11.6 Å². The fourth-order valence-electron chi connectivity index (χ4n) is 2.49. The molecule has 18 heavy (non-hydrogen) atoms. The molecule has 1 aliphatic rings. The van der Waals surface area contributed by atoms with E-state index in [4.69, 9.17) is 5.11 Å². The van der Waals surface area contributed by atoms with E-state index in [0.717, 1.165) is 24.6 Å². The molecule has 1 N–H and O–H groups in total. The van der Waals surface area contributed by atoms with E-state index in [-0.39, 0.29) is 0 Å². The lowest BCUT2D eigenvalue weighted by molar-refractivity contribution is -0.141. The molecule has 1 fully saturated rings. The van der Waals surface area contributed by atoms with Crippen molar-refractivity contribution in [1.29, 1.82) is 0 Å². The van der Waals surface area contributed by atoms with Gasteiger partial charge in [0.25, 0.3) is 0 Å². The van der Waals surface area contributed by atoms with Crippen LogP contribution in [0.2, 0.25) is 0 Å². The topological polar surface area (TPSA) is 80.9 Å². The Morgan fingerprint density at radius 3 is 2.72 bits per heavy atom. The molecule has 1 saturated carbocycles. The molecule has 6 nitrogen and oxygen atoms in total. The maximum atomic E-state index is 10.9. The second kappa shape index (κ2) is 5.46. The normalized spacial score (nSPS) is 25.9. The van der Waals surface area contributed by atoms with Crippen molar-refractivity contribution >= 4 is 5.97 Å². The maximum absolute atomic E-state index is 10.9.